The van der Waals surface area contributed by atoms with Crippen LogP contribution in [0.15, 0.2) is 24.3 Å². The predicted molar refractivity (Wildman–Crippen MR) is 70.2 cm³/mol. The largest absolute Gasteiger partial charge is 0.434 e. The second kappa shape index (κ2) is 6.65. The van der Waals surface area contributed by atoms with E-state index in [1.165, 1.54) is 6.07 Å². The molecule has 4 nitrogen and oxygen atoms in total. The molecule has 1 saturated carbocycles. The summed E-state index contributed by atoms with van der Waals surface area (Å²) in [5.74, 6) is -0.0658. The molecule has 1 aliphatic carbocycles. The zero-order chi connectivity index (χ0) is 14.5. The smallest absolute Gasteiger partial charge is 0.387 e. The first kappa shape index (κ1) is 14.7. The van der Waals surface area contributed by atoms with Gasteiger partial charge in [-0.05, 0) is 25.3 Å². The summed E-state index contributed by atoms with van der Waals surface area (Å²) in [5.41, 5.74) is 6.30. The molecule has 0 heterocycles. The molecule has 2 atom stereocenters. The van der Waals surface area contributed by atoms with Crippen LogP contribution in [-0.2, 0) is 11.3 Å². The van der Waals surface area contributed by atoms with Crippen LogP contribution in [0.5, 0.6) is 5.75 Å². The molecule has 1 amide bonds. The quantitative estimate of drug-likeness (QED) is 0.869. The SMILES string of the molecule is NC1CCC(C(=O)NCc2ccccc2OC(F)F)C1. The second-order valence-electron chi connectivity index (χ2n) is 4.97. The van der Waals surface area contributed by atoms with E-state index in [0.29, 0.717) is 12.0 Å². The molecule has 0 spiro atoms. The normalized spacial score (nSPS) is 22.0. The average Bonchev–Trinajstić information content (AvgIpc) is 2.83. The number of alkyl halides is 2. The third-order valence-electron chi connectivity index (χ3n) is 3.49. The van der Waals surface area contributed by atoms with Gasteiger partial charge in [0.15, 0.2) is 0 Å². The summed E-state index contributed by atoms with van der Waals surface area (Å²) < 4.78 is 28.9. The van der Waals surface area contributed by atoms with Crippen LogP contribution in [0.25, 0.3) is 0 Å². The van der Waals surface area contributed by atoms with Gasteiger partial charge in [0.1, 0.15) is 5.75 Å². The Morgan fingerprint density at radius 2 is 2.15 bits per heavy atom. The van der Waals surface area contributed by atoms with Gasteiger partial charge in [-0.25, -0.2) is 0 Å². The summed E-state index contributed by atoms with van der Waals surface area (Å²) in [6.07, 6.45) is 2.31. The molecular formula is C14H18F2N2O2. The minimum atomic E-state index is -2.88. The maximum Gasteiger partial charge on any atom is 0.387 e. The molecule has 0 aromatic heterocycles. The molecule has 1 aliphatic rings. The standard InChI is InChI=1S/C14H18F2N2O2/c15-14(16)20-12-4-2-1-3-10(12)8-18-13(19)9-5-6-11(17)7-9/h1-4,9,11,14H,5-8,17H2,(H,18,19). The fraction of sp³-hybridized carbons (Fsp3) is 0.500. The summed E-state index contributed by atoms with van der Waals surface area (Å²) in [4.78, 5) is 11.9. The number of halogens is 2. The Labute approximate surface area is 116 Å². The van der Waals surface area contributed by atoms with E-state index in [4.69, 9.17) is 5.73 Å². The number of benzene rings is 1. The van der Waals surface area contributed by atoms with Crippen molar-refractivity contribution >= 4 is 5.91 Å². The number of nitrogens with two attached hydrogens (primary N) is 1. The molecular weight excluding hydrogens is 266 g/mol. The van der Waals surface area contributed by atoms with Crippen LogP contribution in [-0.4, -0.2) is 18.6 Å². The maximum absolute atomic E-state index is 12.3. The molecule has 0 saturated heterocycles. The minimum absolute atomic E-state index is 0.0758. The Hall–Kier alpha value is -1.69. The fourth-order valence-electron chi connectivity index (χ4n) is 2.44. The van der Waals surface area contributed by atoms with Crippen LogP contribution in [0, 0.1) is 5.92 Å². The second-order valence-corrected chi connectivity index (χ2v) is 4.97. The van der Waals surface area contributed by atoms with Gasteiger partial charge < -0.3 is 15.8 Å². The highest BCUT2D eigenvalue weighted by atomic mass is 19.3. The van der Waals surface area contributed by atoms with Gasteiger partial charge in [0.2, 0.25) is 5.91 Å². The van der Waals surface area contributed by atoms with Crippen LogP contribution in [0.2, 0.25) is 0 Å². The third-order valence-corrected chi connectivity index (χ3v) is 3.49. The number of carbonyl (C=O) groups is 1. The molecule has 110 valence electrons. The molecule has 1 fully saturated rings. The number of ether oxygens (including phenoxy) is 1. The van der Waals surface area contributed by atoms with Gasteiger partial charge in [-0.1, -0.05) is 18.2 Å². The Morgan fingerprint density at radius 3 is 2.80 bits per heavy atom. The first-order valence-corrected chi connectivity index (χ1v) is 6.62. The highest BCUT2D eigenvalue weighted by Crippen LogP contribution is 2.25. The van der Waals surface area contributed by atoms with Crippen molar-refractivity contribution in [1.82, 2.24) is 5.32 Å². The topological polar surface area (TPSA) is 64.4 Å². The number of rotatable bonds is 5. The minimum Gasteiger partial charge on any atom is -0.434 e. The monoisotopic (exact) mass is 284 g/mol. The van der Waals surface area contributed by atoms with E-state index in [0.717, 1.165) is 12.8 Å². The summed E-state index contributed by atoms with van der Waals surface area (Å²) >= 11 is 0. The summed E-state index contributed by atoms with van der Waals surface area (Å²) in [6, 6.07) is 6.52. The Morgan fingerprint density at radius 1 is 1.40 bits per heavy atom. The van der Waals surface area contributed by atoms with Crippen molar-refractivity contribution in [3.05, 3.63) is 29.8 Å². The lowest BCUT2D eigenvalue weighted by atomic mass is 10.1. The molecule has 2 unspecified atom stereocenters. The van der Waals surface area contributed by atoms with E-state index in [1.807, 2.05) is 0 Å². The molecule has 1 aromatic rings. The van der Waals surface area contributed by atoms with Gasteiger partial charge in [-0.2, -0.15) is 8.78 Å². The van der Waals surface area contributed by atoms with Gasteiger partial charge in [-0.3, -0.25) is 4.79 Å². The van der Waals surface area contributed by atoms with Crippen LogP contribution in [0.1, 0.15) is 24.8 Å². The van der Waals surface area contributed by atoms with Crippen LogP contribution in [0.3, 0.4) is 0 Å². The summed E-state index contributed by atoms with van der Waals surface area (Å²) in [7, 11) is 0. The van der Waals surface area contributed by atoms with Crippen molar-refractivity contribution in [3.63, 3.8) is 0 Å². The van der Waals surface area contributed by atoms with E-state index in [2.05, 4.69) is 10.1 Å². The van der Waals surface area contributed by atoms with Crippen LogP contribution >= 0.6 is 0 Å². The van der Waals surface area contributed by atoms with Gasteiger partial charge in [0.05, 0.1) is 0 Å². The zero-order valence-corrected chi connectivity index (χ0v) is 11.0. The van der Waals surface area contributed by atoms with Crippen molar-refractivity contribution in [3.8, 4) is 5.75 Å². The van der Waals surface area contributed by atoms with Crippen molar-refractivity contribution < 1.29 is 18.3 Å². The van der Waals surface area contributed by atoms with E-state index in [1.54, 1.807) is 18.2 Å². The first-order valence-electron chi connectivity index (χ1n) is 6.62. The van der Waals surface area contributed by atoms with E-state index >= 15 is 0 Å². The molecule has 1 aromatic carbocycles. The fourth-order valence-corrected chi connectivity index (χ4v) is 2.44. The van der Waals surface area contributed by atoms with Crippen LogP contribution < -0.4 is 15.8 Å². The average molecular weight is 284 g/mol. The molecule has 3 N–H and O–H groups in total. The zero-order valence-electron chi connectivity index (χ0n) is 11.0. The van der Waals surface area contributed by atoms with Crippen molar-refractivity contribution in [2.75, 3.05) is 0 Å². The van der Waals surface area contributed by atoms with Gasteiger partial charge in [0, 0.05) is 24.1 Å². The molecule has 0 radical (unpaired) electrons. The molecule has 0 bridgehead atoms. The first-order chi connectivity index (χ1) is 9.56. The highest BCUT2D eigenvalue weighted by molar-refractivity contribution is 5.79. The van der Waals surface area contributed by atoms with Crippen molar-refractivity contribution in [1.29, 1.82) is 0 Å². The van der Waals surface area contributed by atoms with E-state index < -0.39 is 6.61 Å². The number of para-hydroxylation sites is 1. The number of amides is 1. The Kier molecular flexibility index (Phi) is 4.89. The molecule has 2 rings (SSSR count). The van der Waals surface area contributed by atoms with Gasteiger partial charge >= 0.3 is 6.61 Å². The number of hydrogen-bond donors (Lipinski definition) is 2. The lowest BCUT2D eigenvalue weighted by Gasteiger charge is -2.13. The maximum atomic E-state index is 12.3. The van der Waals surface area contributed by atoms with Gasteiger partial charge in [0.25, 0.3) is 0 Å². The third kappa shape index (κ3) is 3.90. The Balaban J connectivity index is 1.92. The Bertz CT molecular complexity index is 468. The van der Waals surface area contributed by atoms with E-state index in [9.17, 15) is 13.6 Å². The molecule has 20 heavy (non-hydrogen) atoms. The summed E-state index contributed by atoms with van der Waals surface area (Å²) in [6.45, 7) is -2.70. The van der Waals surface area contributed by atoms with Crippen LogP contribution in [0.4, 0.5) is 8.78 Å². The lowest BCUT2D eigenvalue weighted by molar-refractivity contribution is -0.125. The molecule has 0 aliphatic heterocycles. The van der Waals surface area contributed by atoms with Crippen molar-refractivity contribution in [2.24, 2.45) is 11.7 Å². The summed E-state index contributed by atoms with van der Waals surface area (Å²) in [5, 5.41) is 2.76. The van der Waals surface area contributed by atoms with E-state index in [-0.39, 0.29) is 30.2 Å². The number of carbonyl (C=O) groups excluding carboxylic acids is 1. The predicted octanol–water partition coefficient (Wildman–Crippen LogP) is 2.03. The lowest BCUT2D eigenvalue weighted by Crippen LogP contribution is -2.30. The molecule has 6 heteroatoms. The highest BCUT2D eigenvalue weighted by Gasteiger charge is 2.27. The van der Waals surface area contributed by atoms with Crippen molar-refractivity contribution in [2.45, 2.75) is 38.5 Å². The number of hydrogen-bond acceptors (Lipinski definition) is 3. The number of nitrogens with one attached hydrogen (secondary N) is 1. The van der Waals surface area contributed by atoms with Gasteiger partial charge in [-0.15, -0.1) is 0 Å².